The van der Waals surface area contributed by atoms with E-state index in [1.54, 1.807) is 0 Å². The van der Waals surface area contributed by atoms with Crippen LogP contribution in [-0.4, -0.2) is 27.4 Å². The molecule has 0 radical (unpaired) electrons. The zero-order valence-corrected chi connectivity index (χ0v) is 14.9. The average molecular weight is 340 g/mol. The predicted molar refractivity (Wildman–Crippen MR) is 96.9 cm³/mol. The van der Waals surface area contributed by atoms with Crippen LogP contribution in [0.3, 0.4) is 0 Å². The molecule has 1 aliphatic heterocycles. The summed E-state index contributed by atoms with van der Waals surface area (Å²) in [5, 5.41) is 5.75. The summed E-state index contributed by atoms with van der Waals surface area (Å²) in [6, 6.07) is 7.64. The Hall–Kier alpha value is -2.63. The first-order chi connectivity index (χ1) is 12.0. The first-order valence-corrected chi connectivity index (χ1v) is 8.74. The van der Waals surface area contributed by atoms with E-state index in [1.807, 2.05) is 49.6 Å². The first kappa shape index (κ1) is 17.2. The highest BCUT2D eigenvalue weighted by molar-refractivity contribution is 6.05. The number of aromatic nitrogens is 2. The maximum atomic E-state index is 12.7. The molecule has 0 spiro atoms. The van der Waals surface area contributed by atoms with Crippen LogP contribution in [0.1, 0.15) is 59.1 Å². The third-order valence-corrected chi connectivity index (χ3v) is 4.27. The minimum absolute atomic E-state index is 0.0221. The van der Waals surface area contributed by atoms with Crippen molar-refractivity contribution in [1.82, 2.24) is 14.9 Å². The van der Waals surface area contributed by atoms with E-state index in [4.69, 9.17) is 0 Å². The number of amides is 2. The number of anilines is 1. The van der Waals surface area contributed by atoms with Crippen molar-refractivity contribution >= 4 is 17.5 Å². The van der Waals surface area contributed by atoms with Gasteiger partial charge in [0.15, 0.2) is 11.5 Å². The fourth-order valence-electron chi connectivity index (χ4n) is 3.05. The van der Waals surface area contributed by atoms with E-state index in [9.17, 15) is 9.59 Å². The molecule has 1 aliphatic rings. The molecule has 0 bridgehead atoms. The summed E-state index contributed by atoms with van der Waals surface area (Å²) in [5.74, 6) is -0.164. The van der Waals surface area contributed by atoms with Crippen LogP contribution in [0.2, 0.25) is 0 Å². The third kappa shape index (κ3) is 3.73. The minimum Gasteiger partial charge on any atom is -0.347 e. The quantitative estimate of drug-likeness (QED) is 0.898. The van der Waals surface area contributed by atoms with Crippen LogP contribution < -0.4 is 10.6 Å². The van der Waals surface area contributed by atoms with Gasteiger partial charge in [0.05, 0.1) is 5.69 Å². The van der Waals surface area contributed by atoms with Gasteiger partial charge in [-0.05, 0) is 52.2 Å². The summed E-state index contributed by atoms with van der Waals surface area (Å²) >= 11 is 0. The molecule has 2 N–H and O–H groups in total. The molecule has 1 aromatic carbocycles. The number of imidazole rings is 1. The zero-order chi connectivity index (χ0) is 18.0. The van der Waals surface area contributed by atoms with Crippen molar-refractivity contribution in [3.8, 4) is 0 Å². The molecule has 132 valence electrons. The smallest absolute Gasteiger partial charge is 0.287 e. The van der Waals surface area contributed by atoms with E-state index >= 15 is 0 Å². The van der Waals surface area contributed by atoms with Crippen LogP contribution in [-0.2, 0) is 13.0 Å². The lowest BCUT2D eigenvalue weighted by molar-refractivity contribution is 0.0927. The van der Waals surface area contributed by atoms with Crippen LogP contribution in [0.5, 0.6) is 0 Å². The summed E-state index contributed by atoms with van der Waals surface area (Å²) in [6.07, 6.45) is 2.75. The molecular weight excluding hydrogens is 316 g/mol. The summed E-state index contributed by atoms with van der Waals surface area (Å²) in [4.78, 5) is 29.5. The van der Waals surface area contributed by atoms with Crippen molar-refractivity contribution in [2.75, 3.05) is 5.32 Å². The molecule has 2 amide bonds. The van der Waals surface area contributed by atoms with Crippen LogP contribution in [0.15, 0.2) is 24.3 Å². The van der Waals surface area contributed by atoms with Crippen molar-refractivity contribution in [3.05, 3.63) is 47.0 Å². The second-order valence-corrected chi connectivity index (χ2v) is 6.79. The molecule has 0 aliphatic carbocycles. The van der Waals surface area contributed by atoms with Gasteiger partial charge in [-0.1, -0.05) is 17.7 Å². The minimum atomic E-state index is -0.266. The maximum absolute atomic E-state index is 12.7. The summed E-state index contributed by atoms with van der Waals surface area (Å²) in [5.41, 5.74) is 3.06. The largest absolute Gasteiger partial charge is 0.347 e. The van der Waals surface area contributed by atoms with Gasteiger partial charge in [-0.2, -0.15) is 0 Å². The molecule has 6 nitrogen and oxygen atoms in total. The van der Waals surface area contributed by atoms with Crippen molar-refractivity contribution in [2.24, 2.45) is 0 Å². The fourth-order valence-corrected chi connectivity index (χ4v) is 3.05. The molecule has 0 atom stereocenters. The van der Waals surface area contributed by atoms with E-state index in [2.05, 4.69) is 15.6 Å². The van der Waals surface area contributed by atoms with Crippen LogP contribution in [0.4, 0.5) is 5.69 Å². The van der Waals surface area contributed by atoms with Gasteiger partial charge in [0.1, 0.15) is 0 Å². The molecule has 3 rings (SSSR count). The van der Waals surface area contributed by atoms with E-state index in [0.29, 0.717) is 11.5 Å². The number of aryl methyl sites for hydroxylation is 1. The van der Waals surface area contributed by atoms with E-state index in [-0.39, 0.29) is 17.9 Å². The van der Waals surface area contributed by atoms with Crippen LogP contribution >= 0.6 is 0 Å². The van der Waals surface area contributed by atoms with Gasteiger partial charge in [0, 0.05) is 18.3 Å². The number of nitrogens with one attached hydrogen (secondary N) is 2. The predicted octanol–water partition coefficient (Wildman–Crippen LogP) is 2.92. The standard InChI is InChI=1S/C19H24N4O2/c1-12(2)20-19(25)17-22-16(15-6-4-5-11-23(15)17)18(24)21-14-9-7-13(3)8-10-14/h7-10,12H,4-6,11H2,1-3H3,(H,20,25)(H,21,24). The van der Waals surface area contributed by atoms with E-state index in [1.165, 1.54) is 0 Å². The van der Waals surface area contributed by atoms with E-state index in [0.717, 1.165) is 42.8 Å². The zero-order valence-electron chi connectivity index (χ0n) is 14.9. The number of carbonyl (C=O) groups excluding carboxylic acids is 2. The van der Waals surface area contributed by atoms with Gasteiger partial charge in [-0.3, -0.25) is 9.59 Å². The van der Waals surface area contributed by atoms with Gasteiger partial charge in [0.2, 0.25) is 0 Å². The summed E-state index contributed by atoms with van der Waals surface area (Å²) in [7, 11) is 0. The van der Waals surface area contributed by atoms with Crippen LogP contribution in [0.25, 0.3) is 0 Å². The number of fused-ring (bicyclic) bond motifs is 1. The Bertz CT molecular complexity index is 791. The molecule has 2 aromatic rings. The highest BCUT2D eigenvalue weighted by atomic mass is 16.2. The number of rotatable bonds is 4. The van der Waals surface area contributed by atoms with E-state index < -0.39 is 0 Å². The topological polar surface area (TPSA) is 76.0 Å². The second-order valence-electron chi connectivity index (χ2n) is 6.79. The highest BCUT2D eigenvalue weighted by Crippen LogP contribution is 2.22. The molecule has 1 aromatic heterocycles. The van der Waals surface area contributed by atoms with Crippen molar-refractivity contribution in [1.29, 1.82) is 0 Å². The number of hydrogen-bond donors (Lipinski definition) is 2. The Kier molecular flexibility index (Phi) is 4.88. The molecular formula is C19H24N4O2. The van der Waals surface area contributed by atoms with Gasteiger partial charge >= 0.3 is 0 Å². The average Bonchev–Trinajstić information content (AvgIpc) is 2.96. The lowest BCUT2D eigenvalue weighted by Crippen LogP contribution is -2.33. The number of benzene rings is 1. The Balaban J connectivity index is 1.90. The summed E-state index contributed by atoms with van der Waals surface area (Å²) in [6.45, 7) is 6.53. The summed E-state index contributed by atoms with van der Waals surface area (Å²) < 4.78 is 1.89. The van der Waals surface area contributed by atoms with Gasteiger partial charge in [-0.15, -0.1) is 0 Å². The maximum Gasteiger partial charge on any atom is 0.287 e. The molecule has 0 fully saturated rings. The number of hydrogen-bond acceptors (Lipinski definition) is 3. The van der Waals surface area contributed by atoms with Crippen molar-refractivity contribution in [2.45, 2.75) is 52.6 Å². The number of nitrogens with zero attached hydrogens (tertiary/aromatic N) is 2. The van der Waals surface area contributed by atoms with Crippen LogP contribution in [0, 0.1) is 6.92 Å². The number of carbonyl (C=O) groups is 2. The lowest BCUT2D eigenvalue weighted by atomic mass is 10.1. The van der Waals surface area contributed by atoms with Gasteiger partial charge < -0.3 is 15.2 Å². The van der Waals surface area contributed by atoms with Gasteiger partial charge in [0.25, 0.3) is 11.8 Å². The Morgan fingerprint density at radius 3 is 2.52 bits per heavy atom. The third-order valence-electron chi connectivity index (χ3n) is 4.27. The van der Waals surface area contributed by atoms with Gasteiger partial charge in [-0.25, -0.2) is 4.98 Å². The lowest BCUT2D eigenvalue weighted by Gasteiger charge is -2.17. The fraction of sp³-hybridized carbons (Fsp3) is 0.421. The first-order valence-electron chi connectivity index (χ1n) is 8.74. The Morgan fingerprint density at radius 1 is 1.12 bits per heavy atom. The van der Waals surface area contributed by atoms with Crippen molar-refractivity contribution in [3.63, 3.8) is 0 Å². The molecule has 25 heavy (non-hydrogen) atoms. The van der Waals surface area contributed by atoms with Crippen molar-refractivity contribution < 1.29 is 9.59 Å². The molecule has 0 saturated carbocycles. The Morgan fingerprint density at radius 2 is 1.84 bits per heavy atom. The highest BCUT2D eigenvalue weighted by Gasteiger charge is 2.27. The molecule has 6 heteroatoms. The molecule has 2 heterocycles. The normalized spacial score (nSPS) is 13.4. The molecule has 0 saturated heterocycles. The second kappa shape index (κ2) is 7.09. The monoisotopic (exact) mass is 340 g/mol. The SMILES string of the molecule is Cc1ccc(NC(=O)c2nc(C(=O)NC(C)C)n3c2CCCC3)cc1. The Labute approximate surface area is 147 Å². The molecule has 0 unspecified atom stereocenters.